The van der Waals surface area contributed by atoms with Crippen LogP contribution in [-0.4, -0.2) is 38.2 Å². The third-order valence-electron chi connectivity index (χ3n) is 5.16. The van der Waals surface area contributed by atoms with Crippen LogP contribution in [0.4, 0.5) is 0 Å². The quantitative estimate of drug-likeness (QED) is 0.726. The molecule has 5 heteroatoms. The zero-order chi connectivity index (χ0) is 17.9. The Hall–Kier alpha value is -2.82. The van der Waals surface area contributed by atoms with Crippen molar-refractivity contribution < 1.29 is 4.79 Å². The Morgan fingerprint density at radius 1 is 1.15 bits per heavy atom. The van der Waals surface area contributed by atoms with Crippen LogP contribution in [0, 0.1) is 5.92 Å². The molecule has 1 aliphatic rings. The number of benzene rings is 1. The number of amides is 1. The topological polar surface area (TPSA) is 43.1 Å². The summed E-state index contributed by atoms with van der Waals surface area (Å²) in [7, 11) is 1.88. The van der Waals surface area contributed by atoms with Crippen LogP contribution in [0.2, 0.25) is 0 Å². The van der Waals surface area contributed by atoms with Gasteiger partial charge >= 0.3 is 0 Å². The molecule has 1 saturated heterocycles. The molecule has 1 atom stereocenters. The van der Waals surface area contributed by atoms with Crippen LogP contribution in [0.3, 0.4) is 0 Å². The second kappa shape index (κ2) is 7.20. The van der Waals surface area contributed by atoms with Gasteiger partial charge < -0.3 is 9.47 Å². The number of hydrogen-bond acceptors (Lipinski definition) is 2. The predicted octanol–water partition coefficient (Wildman–Crippen LogP) is 3.31. The number of aryl methyl sites for hydroxylation is 1. The van der Waals surface area contributed by atoms with Crippen LogP contribution in [0.1, 0.15) is 28.8 Å². The van der Waals surface area contributed by atoms with E-state index in [1.54, 1.807) is 10.9 Å². The Morgan fingerprint density at radius 3 is 2.69 bits per heavy atom. The molecular formula is C21H24N4O. The Bertz CT molecular complexity index is 867. The molecule has 0 aliphatic carbocycles. The fourth-order valence-corrected chi connectivity index (χ4v) is 3.90. The largest absolute Gasteiger partial charge is 0.338 e. The van der Waals surface area contributed by atoms with Crippen molar-refractivity contribution in [3.05, 3.63) is 72.2 Å². The highest BCUT2D eigenvalue weighted by molar-refractivity contribution is 5.97. The third kappa shape index (κ3) is 3.29. The van der Waals surface area contributed by atoms with Gasteiger partial charge in [-0.15, -0.1) is 0 Å². The molecule has 4 rings (SSSR count). The lowest BCUT2D eigenvalue weighted by Gasteiger charge is -2.33. The number of carbonyl (C=O) groups excluding carboxylic acids is 1. The summed E-state index contributed by atoms with van der Waals surface area (Å²) in [6, 6.07) is 14.5. The molecule has 26 heavy (non-hydrogen) atoms. The van der Waals surface area contributed by atoms with Crippen LogP contribution in [0.15, 0.2) is 61.1 Å². The third-order valence-corrected chi connectivity index (χ3v) is 5.16. The van der Waals surface area contributed by atoms with Gasteiger partial charge in [-0.3, -0.25) is 9.48 Å². The highest BCUT2D eigenvalue weighted by atomic mass is 16.2. The maximum absolute atomic E-state index is 13.2. The van der Waals surface area contributed by atoms with Crippen molar-refractivity contribution >= 4 is 5.91 Å². The molecule has 0 radical (unpaired) electrons. The molecule has 1 unspecified atom stereocenters. The minimum Gasteiger partial charge on any atom is -0.338 e. The molecule has 1 aliphatic heterocycles. The summed E-state index contributed by atoms with van der Waals surface area (Å²) in [5.74, 6) is 1.42. The second-order valence-electron chi connectivity index (χ2n) is 7.04. The molecule has 0 spiro atoms. The monoisotopic (exact) mass is 348 g/mol. The fourth-order valence-electron chi connectivity index (χ4n) is 3.90. The van der Waals surface area contributed by atoms with Crippen molar-refractivity contribution in [3.63, 3.8) is 0 Å². The summed E-state index contributed by atoms with van der Waals surface area (Å²) in [6.07, 6.45) is 8.85. The van der Waals surface area contributed by atoms with Gasteiger partial charge in [0.25, 0.3) is 5.91 Å². The minimum atomic E-state index is 0.0829. The lowest BCUT2D eigenvalue weighted by Crippen LogP contribution is -2.40. The van der Waals surface area contributed by atoms with Gasteiger partial charge in [-0.05, 0) is 42.9 Å². The first-order valence-electron chi connectivity index (χ1n) is 9.21. The Kier molecular flexibility index (Phi) is 4.61. The highest BCUT2D eigenvalue weighted by Gasteiger charge is 2.27. The van der Waals surface area contributed by atoms with E-state index in [0.29, 0.717) is 11.5 Å². The Balaban J connectivity index is 1.52. The highest BCUT2D eigenvalue weighted by Crippen LogP contribution is 2.24. The lowest BCUT2D eigenvalue weighted by molar-refractivity contribution is 0.0673. The molecule has 5 nitrogen and oxygen atoms in total. The average Bonchev–Trinajstić information content (AvgIpc) is 3.31. The normalized spacial score (nSPS) is 17.4. The van der Waals surface area contributed by atoms with Crippen molar-refractivity contribution in [2.45, 2.75) is 19.3 Å². The van der Waals surface area contributed by atoms with Gasteiger partial charge in [0, 0.05) is 32.5 Å². The zero-order valence-corrected chi connectivity index (χ0v) is 15.1. The molecule has 1 aromatic carbocycles. The first kappa shape index (κ1) is 16.6. The van der Waals surface area contributed by atoms with Crippen LogP contribution < -0.4 is 0 Å². The van der Waals surface area contributed by atoms with E-state index in [2.05, 4.69) is 29.4 Å². The molecule has 2 aromatic heterocycles. The maximum Gasteiger partial charge on any atom is 0.259 e. The number of piperidine rings is 1. The summed E-state index contributed by atoms with van der Waals surface area (Å²) in [5.41, 5.74) is 2.02. The van der Waals surface area contributed by atoms with E-state index in [1.807, 2.05) is 47.1 Å². The van der Waals surface area contributed by atoms with Crippen LogP contribution in [0.25, 0.3) is 5.82 Å². The summed E-state index contributed by atoms with van der Waals surface area (Å²) in [5, 5.41) is 4.32. The molecule has 3 heterocycles. The van der Waals surface area contributed by atoms with Crippen LogP contribution >= 0.6 is 0 Å². The van der Waals surface area contributed by atoms with E-state index in [0.717, 1.165) is 31.7 Å². The fraction of sp³-hybridized carbons (Fsp3) is 0.333. The molecule has 3 aromatic rings. The molecule has 0 saturated carbocycles. The Labute approximate surface area is 153 Å². The van der Waals surface area contributed by atoms with Crippen molar-refractivity contribution in [2.24, 2.45) is 13.0 Å². The van der Waals surface area contributed by atoms with E-state index in [1.165, 1.54) is 12.0 Å². The van der Waals surface area contributed by atoms with E-state index in [4.69, 9.17) is 0 Å². The molecule has 1 amide bonds. The molecule has 0 N–H and O–H groups in total. The predicted molar refractivity (Wildman–Crippen MR) is 101 cm³/mol. The molecule has 0 bridgehead atoms. The smallest absolute Gasteiger partial charge is 0.259 e. The van der Waals surface area contributed by atoms with Crippen molar-refractivity contribution in [2.75, 3.05) is 13.1 Å². The Morgan fingerprint density at radius 2 is 1.92 bits per heavy atom. The average molecular weight is 348 g/mol. The summed E-state index contributed by atoms with van der Waals surface area (Å²) < 4.78 is 3.71. The molecular weight excluding hydrogens is 324 g/mol. The lowest BCUT2D eigenvalue weighted by atomic mass is 9.91. The van der Waals surface area contributed by atoms with Crippen LogP contribution in [0.5, 0.6) is 0 Å². The van der Waals surface area contributed by atoms with Gasteiger partial charge in [0.2, 0.25) is 0 Å². The number of hydrogen-bond donors (Lipinski definition) is 0. The summed E-state index contributed by atoms with van der Waals surface area (Å²) in [6.45, 7) is 1.64. The van der Waals surface area contributed by atoms with Gasteiger partial charge in [-0.2, -0.15) is 5.10 Å². The van der Waals surface area contributed by atoms with Gasteiger partial charge in [0.15, 0.2) is 0 Å². The van der Waals surface area contributed by atoms with Gasteiger partial charge in [-0.1, -0.05) is 30.3 Å². The second-order valence-corrected chi connectivity index (χ2v) is 7.04. The number of rotatable bonds is 4. The summed E-state index contributed by atoms with van der Waals surface area (Å²) >= 11 is 0. The van der Waals surface area contributed by atoms with Gasteiger partial charge in [0.1, 0.15) is 11.4 Å². The number of carbonyl (C=O) groups is 1. The van der Waals surface area contributed by atoms with E-state index >= 15 is 0 Å². The van der Waals surface area contributed by atoms with Gasteiger partial charge in [-0.25, -0.2) is 0 Å². The first-order valence-corrected chi connectivity index (χ1v) is 9.21. The maximum atomic E-state index is 13.2. The van der Waals surface area contributed by atoms with E-state index in [-0.39, 0.29) is 5.91 Å². The first-order chi connectivity index (χ1) is 12.7. The molecule has 1 fully saturated rings. The van der Waals surface area contributed by atoms with E-state index in [9.17, 15) is 4.79 Å². The van der Waals surface area contributed by atoms with Crippen molar-refractivity contribution in [1.29, 1.82) is 0 Å². The summed E-state index contributed by atoms with van der Waals surface area (Å²) in [4.78, 5) is 15.2. The van der Waals surface area contributed by atoms with Crippen LogP contribution in [-0.2, 0) is 13.5 Å². The number of aromatic nitrogens is 3. The zero-order valence-electron chi connectivity index (χ0n) is 15.1. The molecule has 134 valence electrons. The van der Waals surface area contributed by atoms with Crippen molar-refractivity contribution in [3.8, 4) is 5.82 Å². The van der Waals surface area contributed by atoms with Crippen molar-refractivity contribution in [1.82, 2.24) is 19.2 Å². The number of likely N-dealkylation sites (tertiary alicyclic amines) is 1. The standard InChI is InChI=1S/C21H24N4O/c1-23-20(24-11-5-6-12-24)19(15-22-23)21(26)25-13-7-10-18(16-25)14-17-8-3-2-4-9-17/h2-6,8-9,11-12,15,18H,7,10,13-14,16H2,1H3. The van der Waals surface area contributed by atoms with E-state index < -0.39 is 0 Å². The SMILES string of the molecule is Cn1ncc(C(=O)N2CCCC(Cc3ccccc3)C2)c1-n1cccc1. The van der Waals surface area contributed by atoms with Gasteiger partial charge in [0.05, 0.1) is 6.20 Å². The number of nitrogens with zero attached hydrogens (tertiary/aromatic N) is 4. The minimum absolute atomic E-state index is 0.0829.